The van der Waals surface area contributed by atoms with Gasteiger partial charge in [-0.05, 0) is 44.2 Å². The Labute approximate surface area is 152 Å². The normalized spacial score (nSPS) is 18.0. The molecule has 1 aromatic heterocycles. The topological polar surface area (TPSA) is 51.7 Å². The molecule has 1 aliphatic heterocycles. The first-order valence-corrected chi connectivity index (χ1v) is 8.59. The van der Waals surface area contributed by atoms with E-state index in [9.17, 15) is 4.79 Å². The van der Waals surface area contributed by atoms with Crippen LogP contribution >= 0.6 is 11.6 Å². The largest absolute Gasteiger partial charge is 0.478 e. The average molecular weight is 361 g/mol. The molecule has 6 heteroatoms. The summed E-state index contributed by atoms with van der Waals surface area (Å²) in [6.45, 7) is 5.07. The molecule has 1 saturated heterocycles. The number of rotatable bonds is 4. The van der Waals surface area contributed by atoms with Crippen molar-refractivity contribution in [2.75, 3.05) is 19.7 Å². The molecule has 1 aromatic carbocycles. The third-order valence-corrected chi connectivity index (χ3v) is 4.36. The zero-order chi connectivity index (χ0) is 17.9. The third kappa shape index (κ3) is 4.30. The molecular weight excluding hydrogens is 340 g/mol. The van der Waals surface area contributed by atoms with Crippen molar-refractivity contribution in [2.24, 2.45) is 0 Å². The number of amides is 1. The van der Waals surface area contributed by atoms with Gasteiger partial charge in [0.05, 0.1) is 13.2 Å². The molecule has 1 amide bonds. The lowest BCUT2D eigenvalue weighted by molar-refractivity contribution is -0.153. The maximum atomic E-state index is 13.0. The Morgan fingerprint density at radius 1 is 1.32 bits per heavy atom. The minimum absolute atomic E-state index is 0.0698. The molecule has 2 heterocycles. The second-order valence-electron chi connectivity index (χ2n) is 6.46. The molecule has 0 spiro atoms. The van der Waals surface area contributed by atoms with Crippen LogP contribution in [0, 0.1) is 0 Å². The van der Waals surface area contributed by atoms with Crippen LogP contribution in [0.4, 0.5) is 0 Å². The SMILES string of the molecule is CC(C)(Oc1ccc(Cl)cc1)C(=O)N1CCOC(c2cccnc2)C1. The summed E-state index contributed by atoms with van der Waals surface area (Å²) in [6.07, 6.45) is 3.32. The zero-order valence-corrected chi connectivity index (χ0v) is 15.1. The Morgan fingerprint density at radius 2 is 2.08 bits per heavy atom. The molecule has 1 aliphatic rings. The number of morpholine rings is 1. The first-order valence-electron chi connectivity index (χ1n) is 8.21. The van der Waals surface area contributed by atoms with Crippen molar-refractivity contribution in [3.8, 4) is 5.75 Å². The van der Waals surface area contributed by atoms with Crippen LogP contribution in [-0.2, 0) is 9.53 Å². The van der Waals surface area contributed by atoms with Gasteiger partial charge in [-0.25, -0.2) is 0 Å². The van der Waals surface area contributed by atoms with E-state index in [2.05, 4.69) is 4.98 Å². The van der Waals surface area contributed by atoms with Gasteiger partial charge in [0.15, 0.2) is 5.60 Å². The summed E-state index contributed by atoms with van der Waals surface area (Å²) in [7, 11) is 0. The number of carbonyl (C=O) groups is 1. The van der Waals surface area contributed by atoms with Crippen LogP contribution in [0.1, 0.15) is 25.5 Å². The van der Waals surface area contributed by atoms with Crippen molar-refractivity contribution in [1.29, 1.82) is 0 Å². The van der Waals surface area contributed by atoms with Crippen LogP contribution in [0.25, 0.3) is 0 Å². The highest BCUT2D eigenvalue weighted by molar-refractivity contribution is 6.30. The van der Waals surface area contributed by atoms with E-state index in [0.29, 0.717) is 30.5 Å². The standard InChI is InChI=1S/C19H21ClN2O3/c1-19(2,25-16-7-5-15(20)6-8-16)18(23)22-10-11-24-17(13-22)14-4-3-9-21-12-14/h3-9,12,17H,10-11,13H2,1-2H3. The molecule has 0 radical (unpaired) electrons. The van der Waals surface area contributed by atoms with Gasteiger partial charge in [0, 0.05) is 29.5 Å². The Bertz CT molecular complexity index is 719. The number of hydrogen-bond donors (Lipinski definition) is 0. The highest BCUT2D eigenvalue weighted by Crippen LogP contribution is 2.26. The Kier molecular flexibility index (Phi) is 5.25. The maximum absolute atomic E-state index is 13.0. The van der Waals surface area contributed by atoms with Gasteiger partial charge in [0.25, 0.3) is 5.91 Å². The van der Waals surface area contributed by atoms with Crippen LogP contribution in [0.5, 0.6) is 5.75 Å². The molecule has 2 aromatic rings. The molecule has 0 N–H and O–H groups in total. The number of ether oxygens (including phenoxy) is 2. The van der Waals surface area contributed by atoms with Crippen molar-refractivity contribution >= 4 is 17.5 Å². The minimum Gasteiger partial charge on any atom is -0.478 e. The fourth-order valence-corrected chi connectivity index (χ4v) is 2.95. The first kappa shape index (κ1) is 17.7. The Hall–Kier alpha value is -2.11. The van der Waals surface area contributed by atoms with Crippen molar-refractivity contribution in [3.05, 3.63) is 59.4 Å². The van der Waals surface area contributed by atoms with Gasteiger partial charge in [-0.15, -0.1) is 0 Å². The second kappa shape index (κ2) is 7.42. The van der Waals surface area contributed by atoms with Gasteiger partial charge in [-0.2, -0.15) is 0 Å². The molecule has 1 atom stereocenters. The lowest BCUT2D eigenvalue weighted by atomic mass is 10.0. The van der Waals surface area contributed by atoms with Gasteiger partial charge in [0.1, 0.15) is 11.9 Å². The smallest absolute Gasteiger partial charge is 0.266 e. The van der Waals surface area contributed by atoms with E-state index >= 15 is 0 Å². The fourth-order valence-electron chi connectivity index (χ4n) is 2.82. The zero-order valence-electron chi connectivity index (χ0n) is 14.3. The van der Waals surface area contributed by atoms with Crippen LogP contribution in [0.15, 0.2) is 48.8 Å². The van der Waals surface area contributed by atoms with Crippen molar-refractivity contribution in [2.45, 2.75) is 25.6 Å². The summed E-state index contributed by atoms with van der Waals surface area (Å²) in [5, 5.41) is 0.629. The third-order valence-electron chi connectivity index (χ3n) is 4.11. The predicted octanol–water partition coefficient (Wildman–Crippen LogP) is 3.49. The van der Waals surface area contributed by atoms with E-state index in [-0.39, 0.29) is 12.0 Å². The maximum Gasteiger partial charge on any atom is 0.266 e. The lowest BCUT2D eigenvalue weighted by Gasteiger charge is -2.37. The van der Waals surface area contributed by atoms with Gasteiger partial charge >= 0.3 is 0 Å². The van der Waals surface area contributed by atoms with E-state index in [0.717, 1.165) is 5.56 Å². The molecule has 0 saturated carbocycles. The van der Waals surface area contributed by atoms with E-state index in [1.165, 1.54) is 0 Å². The molecular formula is C19H21ClN2O3. The number of benzene rings is 1. The van der Waals surface area contributed by atoms with Gasteiger partial charge in [0.2, 0.25) is 0 Å². The lowest BCUT2D eigenvalue weighted by Crippen LogP contribution is -2.53. The van der Waals surface area contributed by atoms with Gasteiger partial charge in [-0.3, -0.25) is 9.78 Å². The van der Waals surface area contributed by atoms with Gasteiger partial charge in [-0.1, -0.05) is 17.7 Å². The van der Waals surface area contributed by atoms with Gasteiger partial charge < -0.3 is 14.4 Å². The van der Waals surface area contributed by atoms with Crippen LogP contribution < -0.4 is 4.74 Å². The predicted molar refractivity (Wildman–Crippen MR) is 95.7 cm³/mol. The fraction of sp³-hybridized carbons (Fsp3) is 0.368. The molecule has 132 valence electrons. The van der Waals surface area contributed by atoms with Crippen LogP contribution in [0.3, 0.4) is 0 Å². The highest BCUT2D eigenvalue weighted by Gasteiger charge is 2.37. The number of pyridine rings is 1. The monoisotopic (exact) mass is 360 g/mol. The number of aromatic nitrogens is 1. The number of nitrogens with zero attached hydrogens (tertiary/aromatic N) is 2. The number of hydrogen-bond acceptors (Lipinski definition) is 4. The summed E-state index contributed by atoms with van der Waals surface area (Å²) in [5.41, 5.74) is -0.0126. The summed E-state index contributed by atoms with van der Waals surface area (Å²) >= 11 is 5.89. The molecule has 1 fully saturated rings. The van der Waals surface area contributed by atoms with Crippen LogP contribution in [0.2, 0.25) is 5.02 Å². The van der Waals surface area contributed by atoms with Crippen LogP contribution in [-0.4, -0.2) is 41.1 Å². The van der Waals surface area contributed by atoms with E-state index in [4.69, 9.17) is 21.1 Å². The molecule has 0 bridgehead atoms. The Balaban J connectivity index is 1.69. The highest BCUT2D eigenvalue weighted by atomic mass is 35.5. The first-order chi connectivity index (χ1) is 12.0. The van der Waals surface area contributed by atoms with E-state index < -0.39 is 5.60 Å². The summed E-state index contributed by atoms with van der Waals surface area (Å²) in [5.74, 6) is 0.541. The van der Waals surface area contributed by atoms with E-state index in [1.807, 2.05) is 12.1 Å². The quantitative estimate of drug-likeness (QED) is 0.837. The molecule has 5 nitrogen and oxygen atoms in total. The summed E-state index contributed by atoms with van der Waals surface area (Å²) in [6, 6.07) is 10.8. The minimum atomic E-state index is -0.981. The summed E-state index contributed by atoms with van der Waals surface area (Å²) < 4.78 is 11.7. The number of halogens is 1. The van der Waals surface area contributed by atoms with Crippen molar-refractivity contribution in [1.82, 2.24) is 9.88 Å². The van der Waals surface area contributed by atoms with Crippen molar-refractivity contribution < 1.29 is 14.3 Å². The van der Waals surface area contributed by atoms with Crippen molar-refractivity contribution in [3.63, 3.8) is 0 Å². The number of carbonyl (C=O) groups excluding carboxylic acids is 1. The molecule has 0 aliphatic carbocycles. The Morgan fingerprint density at radius 3 is 2.76 bits per heavy atom. The average Bonchev–Trinajstić information content (AvgIpc) is 2.64. The van der Waals surface area contributed by atoms with E-state index in [1.54, 1.807) is 55.4 Å². The summed E-state index contributed by atoms with van der Waals surface area (Å²) in [4.78, 5) is 18.9. The molecule has 25 heavy (non-hydrogen) atoms. The molecule has 3 rings (SSSR count). The second-order valence-corrected chi connectivity index (χ2v) is 6.90. The molecule has 1 unspecified atom stereocenters.